The molecule has 0 aromatic carbocycles. The Balaban J connectivity index is 1.79. The largest absolute Gasteiger partial charge is 0.396 e. The first-order valence-electron chi connectivity index (χ1n) is 5.66. The van der Waals surface area contributed by atoms with Gasteiger partial charge in [0.1, 0.15) is 16.8 Å². The minimum atomic E-state index is 0.255. The van der Waals surface area contributed by atoms with Crippen LogP contribution in [0.25, 0.3) is 0 Å². The van der Waals surface area contributed by atoms with Gasteiger partial charge in [0, 0.05) is 37.6 Å². The lowest BCUT2D eigenvalue weighted by Gasteiger charge is -2.39. The summed E-state index contributed by atoms with van der Waals surface area (Å²) in [5.41, 5.74) is 0. The Morgan fingerprint density at radius 1 is 1.38 bits per heavy atom. The lowest BCUT2D eigenvalue weighted by atomic mass is 10.0. The molecule has 5 heteroatoms. The van der Waals surface area contributed by atoms with Crippen molar-refractivity contribution in [2.24, 2.45) is 5.92 Å². The van der Waals surface area contributed by atoms with Crippen molar-refractivity contribution in [1.82, 2.24) is 9.97 Å². The summed E-state index contributed by atoms with van der Waals surface area (Å²) in [6, 6.07) is 1.81. The van der Waals surface area contributed by atoms with Gasteiger partial charge < -0.3 is 10.0 Å². The molecule has 1 aromatic heterocycles. The molecule has 0 unspecified atom stereocenters. The standard InChI is InChI=1S/C11H14ClN3O/c12-9-3-10(15-4-7(5-15)6-16)14-11(13-9)8-1-2-8/h3,7-8,16H,1-2,4-6H2. The molecule has 2 aliphatic rings. The van der Waals surface area contributed by atoms with Crippen molar-refractivity contribution in [3.8, 4) is 0 Å². The first kappa shape index (κ1) is 10.3. The molecule has 16 heavy (non-hydrogen) atoms. The molecule has 1 aromatic rings. The van der Waals surface area contributed by atoms with Gasteiger partial charge in [-0.3, -0.25) is 0 Å². The summed E-state index contributed by atoms with van der Waals surface area (Å²) in [6.07, 6.45) is 2.36. The highest BCUT2D eigenvalue weighted by atomic mass is 35.5. The van der Waals surface area contributed by atoms with Crippen LogP contribution in [0, 0.1) is 5.92 Å². The van der Waals surface area contributed by atoms with Crippen LogP contribution in [0.5, 0.6) is 0 Å². The van der Waals surface area contributed by atoms with E-state index in [1.165, 1.54) is 12.8 Å². The Hall–Kier alpha value is -0.870. The smallest absolute Gasteiger partial charge is 0.135 e. The number of halogens is 1. The van der Waals surface area contributed by atoms with Gasteiger partial charge in [-0.25, -0.2) is 9.97 Å². The molecule has 0 atom stereocenters. The minimum absolute atomic E-state index is 0.255. The van der Waals surface area contributed by atoms with Gasteiger partial charge in [-0.1, -0.05) is 11.6 Å². The van der Waals surface area contributed by atoms with Gasteiger partial charge in [-0.15, -0.1) is 0 Å². The third-order valence-electron chi connectivity index (χ3n) is 3.18. The Kier molecular flexibility index (Phi) is 2.48. The van der Waals surface area contributed by atoms with E-state index in [2.05, 4.69) is 14.9 Å². The number of hydrogen-bond acceptors (Lipinski definition) is 4. The first-order valence-corrected chi connectivity index (χ1v) is 6.04. The molecule has 0 amide bonds. The molecule has 1 N–H and O–H groups in total. The van der Waals surface area contributed by atoms with Gasteiger partial charge in [0.25, 0.3) is 0 Å². The second-order valence-electron chi connectivity index (χ2n) is 4.63. The highest BCUT2D eigenvalue weighted by molar-refractivity contribution is 6.29. The van der Waals surface area contributed by atoms with Crippen molar-refractivity contribution in [2.45, 2.75) is 18.8 Å². The summed E-state index contributed by atoms with van der Waals surface area (Å²) < 4.78 is 0. The molecular weight excluding hydrogens is 226 g/mol. The van der Waals surface area contributed by atoms with E-state index in [1.54, 1.807) is 6.07 Å². The summed E-state index contributed by atoms with van der Waals surface area (Å²) in [5, 5.41) is 9.50. The Labute approximate surface area is 99.3 Å². The van der Waals surface area contributed by atoms with E-state index in [0.717, 1.165) is 24.7 Å². The van der Waals surface area contributed by atoms with E-state index in [4.69, 9.17) is 16.7 Å². The highest BCUT2D eigenvalue weighted by Crippen LogP contribution is 2.39. The van der Waals surface area contributed by atoms with Crippen molar-refractivity contribution in [3.05, 3.63) is 17.0 Å². The number of rotatable bonds is 3. The van der Waals surface area contributed by atoms with E-state index in [9.17, 15) is 0 Å². The van der Waals surface area contributed by atoms with Crippen LogP contribution in [0.4, 0.5) is 5.82 Å². The SMILES string of the molecule is OCC1CN(c2cc(Cl)nc(C3CC3)n2)C1. The zero-order valence-corrected chi connectivity index (χ0v) is 9.69. The van der Waals surface area contributed by atoms with Crippen molar-refractivity contribution in [2.75, 3.05) is 24.6 Å². The quantitative estimate of drug-likeness (QED) is 0.811. The van der Waals surface area contributed by atoms with Gasteiger partial charge >= 0.3 is 0 Å². The van der Waals surface area contributed by atoms with Crippen LogP contribution in [0.15, 0.2) is 6.07 Å². The van der Waals surface area contributed by atoms with Crippen LogP contribution >= 0.6 is 11.6 Å². The monoisotopic (exact) mass is 239 g/mol. The summed E-state index contributed by atoms with van der Waals surface area (Å²) in [7, 11) is 0. The lowest BCUT2D eigenvalue weighted by molar-refractivity contribution is 0.200. The number of aromatic nitrogens is 2. The average Bonchev–Trinajstić information content (AvgIpc) is 2.98. The molecule has 2 heterocycles. The fraction of sp³-hybridized carbons (Fsp3) is 0.636. The van der Waals surface area contributed by atoms with Gasteiger partial charge in [-0.2, -0.15) is 0 Å². The van der Waals surface area contributed by atoms with Crippen molar-refractivity contribution < 1.29 is 5.11 Å². The van der Waals surface area contributed by atoms with Crippen molar-refractivity contribution in [3.63, 3.8) is 0 Å². The normalized spacial score (nSPS) is 21.0. The Morgan fingerprint density at radius 3 is 2.75 bits per heavy atom. The van der Waals surface area contributed by atoms with Crippen molar-refractivity contribution >= 4 is 17.4 Å². The van der Waals surface area contributed by atoms with Crippen LogP contribution < -0.4 is 4.90 Å². The molecule has 2 fully saturated rings. The van der Waals surface area contributed by atoms with E-state index in [0.29, 0.717) is 17.0 Å². The Morgan fingerprint density at radius 2 is 2.12 bits per heavy atom. The summed E-state index contributed by atoms with van der Waals surface area (Å²) in [6.45, 7) is 1.99. The maximum absolute atomic E-state index is 8.97. The molecular formula is C11H14ClN3O. The van der Waals surface area contributed by atoms with Crippen LogP contribution in [-0.2, 0) is 0 Å². The molecule has 4 nitrogen and oxygen atoms in total. The number of hydrogen-bond donors (Lipinski definition) is 1. The highest BCUT2D eigenvalue weighted by Gasteiger charge is 2.31. The van der Waals surface area contributed by atoms with E-state index < -0.39 is 0 Å². The number of aliphatic hydroxyl groups excluding tert-OH is 1. The maximum atomic E-state index is 8.97. The van der Waals surface area contributed by atoms with E-state index in [1.807, 2.05) is 0 Å². The summed E-state index contributed by atoms with van der Waals surface area (Å²) in [4.78, 5) is 10.9. The first-order chi connectivity index (χ1) is 7.76. The zero-order chi connectivity index (χ0) is 11.1. The molecule has 3 rings (SSSR count). The average molecular weight is 240 g/mol. The van der Waals surface area contributed by atoms with Crippen LogP contribution in [0.3, 0.4) is 0 Å². The minimum Gasteiger partial charge on any atom is -0.396 e. The summed E-state index contributed by atoms with van der Waals surface area (Å²) >= 11 is 5.99. The molecule has 1 saturated heterocycles. The third-order valence-corrected chi connectivity index (χ3v) is 3.37. The molecule has 1 saturated carbocycles. The molecule has 1 aliphatic carbocycles. The zero-order valence-electron chi connectivity index (χ0n) is 8.93. The fourth-order valence-electron chi connectivity index (χ4n) is 1.98. The van der Waals surface area contributed by atoms with E-state index in [-0.39, 0.29) is 6.61 Å². The van der Waals surface area contributed by atoms with E-state index >= 15 is 0 Å². The predicted molar refractivity (Wildman–Crippen MR) is 61.8 cm³/mol. The molecule has 1 aliphatic heterocycles. The van der Waals surface area contributed by atoms with Gasteiger partial charge in [0.05, 0.1) is 0 Å². The van der Waals surface area contributed by atoms with Crippen LogP contribution in [0.2, 0.25) is 5.15 Å². The molecule has 0 spiro atoms. The van der Waals surface area contributed by atoms with Crippen LogP contribution in [0.1, 0.15) is 24.6 Å². The predicted octanol–water partition coefficient (Wildman–Crippen LogP) is 1.44. The maximum Gasteiger partial charge on any atom is 0.135 e. The second-order valence-corrected chi connectivity index (χ2v) is 5.02. The topological polar surface area (TPSA) is 49.2 Å². The Bertz CT molecular complexity index is 402. The molecule has 86 valence electrons. The number of aliphatic hydroxyl groups is 1. The number of nitrogens with zero attached hydrogens (tertiary/aromatic N) is 3. The number of anilines is 1. The van der Waals surface area contributed by atoms with Crippen molar-refractivity contribution in [1.29, 1.82) is 0 Å². The van der Waals surface area contributed by atoms with Gasteiger partial charge in [0.15, 0.2) is 0 Å². The summed E-state index contributed by atoms with van der Waals surface area (Å²) in [5.74, 6) is 2.70. The lowest BCUT2D eigenvalue weighted by Crippen LogP contribution is -2.48. The molecule has 0 radical (unpaired) electrons. The van der Waals surface area contributed by atoms with Gasteiger partial charge in [-0.05, 0) is 12.8 Å². The molecule has 0 bridgehead atoms. The van der Waals surface area contributed by atoms with Crippen LogP contribution in [-0.4, -0.2) is 34.8 Å². The van der Waals surface area contributed by atoms with Gasteiger partial charge in [0.2, 0.25) is 0 Å². The fourth-order valence-corrected chi connectivity index (χ4v) is 2.17. The second kappa shape index (κ2) is 3.86. The third kappa shape index (κ3) is 1.87.